The molecule has 5 nitrogen and oxygen atoms in total. The van der Waals surface area contributed by atoms with E-state index in [4.69, 9.17) is 14.2 Å². The fourth-order valence-electron chi connectivity index (χ4n) is 5.26. The number of benzene rings is 3. The Bertz CT molecular complexity index is 1210. The van der Waals surface area contributed by atoms with Crippen molar-refractivity contribution in [2.75, 3.05) is 45.8 Å². The minimum atomic E-state index is 0.731. The number of aryl methyl sites for hydroxylation is 1. The first-order chi connectivity index (χ1) is 18.2. The van der Waals surface area contributed by atoms with Crippen molar-refractivity contribution in [1.82, 2.24) is 4.90 Å². The van der Waals surface area contributed by atoms with Crippen LogP contribution in [-0.4, -0.2) is 45.4 Å². The number of allylic oxidation sites excluding steroid dienone is 1. The molecule has 2 aliphatic rings. The van der Waals surface area contributed by atoms with Crippen LogP contribution in [-0.2, 0) is 13.0 Å². The molecular weight excluding hydrogens is 460 g/mol. The Morgan fingerprint density at radius 2 is 1.51 bits per heavy atom. The molecular formula is C32H38N2O3. The quantitative estimate of drug-likeness (QED) is 0.338. The predicted octanol–water partition coefficient (Wildman–Crippen LogP) is 6.67. The van der Waals surface area contributed by atoms with Crippen molar-refractivity contribution in [3.63, 3.8) is 0 Å². The predicted molar refractivity (Wildman–Crippen MR) is 152 cm³/mol. The van der Waals surface area contributed by atoms with Gasteiger partial charge in [-0.3, -0.25) is 4.90 Å². The molecule has 5 heteroatoms. The van der Waals surface area contributed by atoms with E-state index in [1.54, 1.807) is 14.2 Å². The van der Waals surface area contributed by atoms with Gasteiger partial charge in [0, 0.05) is 30.4 Å². The van der Waals surface area contributed by atoms with Crippen LogP contribution in [0.15, 0.2) is 60.7 Å². The third-order valence-electron chi connectivity index (χ3n) is 7.45. The Morgan fingerprint density at radius 1 is 0.784 bits per heavy atom. The molecule has 1 heterocycles. The highest BCUT2D eigenvalue weighted by Crippen LogP contribution is 2.37. The molecule has 1 saturated heterocycles. The van der Waals surface area contributed by atoms with Crippen LogP contribution in [0.25, 0.3) is 11.6 Å². The van der Waals surface area contributed by atoms with Crippen LogP contribution in [0.4, 0.5) is 5.69 Å². The first-order valence-corrected chi connectivity index (χ1v) is 13.5. The van der Waals surface area contributed by atoms with Crippen molar-refractivity contribution in [3.05, 3.63) is 82.9 Å². The van der Waals surface area contributed by atoms with Crippen molar-refractivity contribution >= 4 is 17.3 Å². The van der Waals surface area contributed by atoms with Crippen molar-refractivity contribution in [3.8, 4) is 17.2 Å². The highest BCUT2D eigenvalue weighted by Gasteiger charge is 2.16. The van der Waals surface area contributed by atoms with Crippen molar-refractivity contribution < 1.29 is 14.2 Å². The van der Waals surface area contributed by atoms with Gasteiger partial charge in [0.1, 0.15) is 23.9 Å². The van der Waals surface area contributed by atoms with Crippen LogP contribution in [0.1, 0.15) is 47.9 Å². The summed E-state index contributed by atoms with van der Waals surface area (Å²) in [6.45, 7) is 4.90. The highest BCUT2D eigenvalue weighted by atomic mass is 16.5. The molecule has 0 amide bonds. The van der Waals surface area contributed by atoms with E-state index in [0.29, 0.717) is 0 Å². The lowest BCUT2D eigenvalue weighted by atomic mass is 9.88. The van der Waals surface area contributed by atoms with E-state index in [1.807, 2.05) is 12.1 Å². The molecule has 37 heavy (non-hydrogen) atoms. The Labute approximate surface area is 221 Å². The standard InChI is InChI=1S/C32H38N2O3/c1-35-29-13-10-25-20-27(9-8-26(25)21-29)31-15-14-30(36-2)22-32(31)33-23-24-6-11-28(12-7-24)37-19-18-34-16-4-3-5-17-34/h6-7,10-15,20-22,33H,3-5,8-9,16-19,23H2,1-2H3. The summed E-state index contributed by atoms with van der Waals surface area (Å²) in [5.74, 6) is 2.71. The Morgan fingerprint density at radius 3 is 2.30 bits per heavy atom. The summed E-state index contributed by atoms with van der Waals surface area (Å²) in [5, 5.41) is 3.66. The molecule has 0 aromatic heterocycles. The molecule has 194 valence electrons. The van der Waals surface area contributed by atoms with E-state index in [-0.39, 0.29) is 0 Å². The second-order valence-electron chi connectivity index (χ2n) is 9.89. The molecule has 1 fully saturated rings. The largest absolute Gasteiger partial charge is 0.497 e. The van der Waals surface area contributed by atoms with E-state index in [9.17, 15) is 0 Å². The summed E-state index contributed by atoms with van der Waals surface area (Å²) in [6.07, 6.45) is 8.30. The van der Waals surface area contributed by atoms with E-state index < -0.39 is 0 Å². The smallest absolute Gasteiger partial charge is 0.120 e. The third-order valence-corrected chi connectivity index (χ3v) is 7.45. The number of hydrogen-bond acceptors (Lipinski definition) is 5. The number of ether oxygens (including phenoxy) is 3. The first-order valence-electron chi connectivity index (χ1n) is 13.5. The van der Waals surface area contributed by atoms with Crippen LogP contribution in [0.5, 0.6) is 17.2 Å². The maximum absolute atomic E-state index is 6.00. The number of hydrogen-bond donors (Lipinski definition) is 1. The Kier molecular flexibility index (Phi) is 8.32. The van der Waals surface area contributed by atoms with Crippen LogP contribution in [0.3, 0.4) is 0 Å². The number of anilines is 1. The summed E-state index contributed by atoms with van der Waals surface area (Å²) in [4.78, 5) is 2.50. The number of fused-ring (bicyclic) bond motifs is 1. The maximum atomic E-state index is 6.00. The van der Waals surface area contributed by atoms with Gasteiger partial charge in [-0.25, -0.2) is 0 Å². The zero-order chi connectivity index (χ0) is 25.5. The van der Waals surface area contributed by atoms with Gasteiger partial charge in [-0.2, -0.15) is 0 Å². The molecule has 1 aliphatic heterocycles. The van der Waals surface area contributed by atoms with Gasteiger partial charge >= 0.3 is 0 Å². The van der Waals surface area contributed by atoms with Crippen LogP contribution in [0, 0.1) is 0 Å². The summed E-state index contributed by atoms with van der Waals surface area (Å²) >= 11 is 0. The SMILES string of the molecule is COc1ccc2c(c1)CCC(c1ccc(OC)cc1NCc1ccc(OCCN3CCCCC3)cc1)=C2. The van der Waals surface area contributed by atoms with E-state index >= 15 is 0 Å². The molecule has 3 aromatic rings. The minimum absolute atomic E-state index is 0.731. The summed E-state index contributed by atoms with van der Waals surface area (Å²) < 4.78 is 16.9. The van der Waals surface area contributed by atoms with Gasteiger partial charge in [0.25, 0.3) is 0 Å². The van der Waals surface area contributed by atoms with Crippen molar-refractivity contribution in [2.24, 2.45) is 0 Å². The molecule has 0 atom stereocenters. The summed E-state index contributed by atoms with van der Waals surface area (Å²) in [5.41, 5.74) is 7.46. The van der Waals surface area contributed by atoms with Gasteiger partial charge in [-0.1, -0.05) is 30.7 Å². The molecule has 0 bridgehead atoms. The van der Waals surface area contributed by atoms with Gasteiger partial charge in [0.15, 0.2) is 0 Å². The zero-order valence-corrected chi connectivity index (χ0v) is 22.1. The van der Waals surface area contributed by atoms with Crippen LogP contribution in [0.2, 0.25) is 0 Å². The topological polar surface area (TPSA) is 43.0 Å². The molecule has 3 aromatic carbocycles. The number of nitrogens with zero attached hydrogens (tertiary/aromatic N) is 1. The minimum Gasteiger partial charge on any atom is -0.497 e. The number of piperidine rings is 1. The van der Waals surface area contributed by atoms with Gasteiger partial charge in [-0.15, -0.1) is 0 Å². The lowest BCUT2D eigenvalue weighted by Crippen LogP contribution is -2.33. The summed E-state index contributed by atoms with van der Waals surface area (Å²) in [6, 6.07) is 21.1. The second kappa shape index (κ2) is 12.2. The number of rotatable bonds is 10. The lowest BCUT2D eigenvalue weighted by molar-refractivity contribution is 0.183. The first kappa shape index (κ1) is 25.2. The lowest BCUT2D eigenvalue weighted by Gasteiger charge is -2.26. The van der Waals surface area contributed by atoms with Crippen molar-refractivity contribution in [1.29, 1.82) is 0 Å². The fraction of sp³-hybridized carbons (Fsp3) is 0.375. The Hall–Kier alpha value is -3.44. The molecule has 1 N–H and O–H groups in total. The third kappa shape index (κ3) is 6.47. The van der Waals surface area contributed by atoms with E-state index in [1.165, 1.54) is 60.2 Å². The fourth-order valence-corrected chi connectivity index (χ4v) is 5.26. The highest BCUT2D eigenvalue weighted by molar-refractivity contribution is 5.89. The van der Waals surface area contributed by atoms with E-state index in [0.717, 1.165) is 55.5 Å². The maximum Gasteiger partial charge on any atom is 0.120 e. The van der Waals surface area contributed by atoms with E-state index in [2.05, 4.69) is 64.8 Å². The summed E-state index contributed by atoms with van der Waals surface area (Å²) in [7, 11) is 3.44. The zero-order valence-electron chi connectivity index (χ0n) is 22.1. The normalized spacial score (nSPS) is 15.5. The monoisotopic (exact) mass is 498 g/mol. The van der Waals surface area contributed by atoms with Gasteiger partial charge in [-0.05, 0) is 97.4 Å². The molecule has 1 aliphatic carbocycles. The van der Waals surface area contributed by atoms with Crippen LogP contribution >= 0.6 is 0 Å². The molecule has 0 saturated carbocycles. The Balaban J connectivity index is 1.24. The van der Waals surface area contributed by atoms with Gasteiger partial charge in [0.05, 0.1) is 14.2 Å². The molecule has 0 unspecified atom stereocenters. The number of nitrogens with one attached hydrogen (secondary N) is 1. The second-order valence-corrected chi connectivity index (χ2v) is 9.89. The number of likely N-dealkylation sites (tertiary alicyclic amines) is 1. The van der Waals surface area contributed by atoms with Gasteiger partial charge in [0.2, 0.25) is 0 Å². The number of methoxy groups -OCH3 is 2. The molecule has 5 rings (SSSR count). The molecule has 0 spiro atoms. The van der Waals surface area contributed by atoms with Crippen molar-refractivity contribution in [2.45, 2.75) is 38.6 Å². The van der Waals surface area contributed by atoms with Crippen LogP contribution < -0.4 is 19.5 Å². The van der Waals surface area contributed by atoms with Gasteiger partial charge < -0.3 is 19.5 Å². The average molecular weight is 499 g/mol. The molecule has 0 radical (unpaired) electrons. The average Bonchev–Trinajstić information content (AvgIpc) is 2.96.